The highest BCUT2D eigenvalue weighted by molar-refractivity contribution is 9.10. The van der Waals surface area contributed by atoms with E-state index in [2.05, 4.69) is 25.5 Å². The number of alkyl halides is 2. The summed E-state index contributed by atoms with van der Waals surface area (Å²) < 4.78 is 30.0. The standard InChI is InChI=1S/C13H12BrF2N3OS/c1-6-5-9(7(2)4-8(6)14)19(3)13(20)11-10(12(15)16)17-18-21-11/h4-5,12H,1-3H3. The number of carbonyl (C=O) groups excluding carboxylic acids is 1. The van der Waals surface area contributed by atoms with Gasteiger partial charge in [-0.05, 0) is 48.6 Å². The topological polar surface area (TPSA) is 46.1 Å². The monoisotopic (exact) mass is 375 g/mol. The van der Waals surface area contributed by atoms with Crippen LogP contribution in [0.15, 0.2) is 16.6 Å². The Kier molecular flexibility index (Phi) is 4.67. The third-order valence-corrected chi connectivity index (χ3v) is 4.64. The lowest BCUT2D eigenvalue weighted by molar-refractivity contribution is 0.0981. The number of rotatable bonds is 3. The smallest absolute Gasteiger partial charge is 0.283 e. The van der Waals surface area contributed by atoms with Crippen molar-refractivity contribution in [2.75, 3.05) is 11.9 Å². The van der Waals surface area contributed by atoms with Gasteiger partial charge in [0.25, 0.3) is 12.3 Å². The van der Waals surface area contributed by atoms with E-state index in [-0.39, 0.29) is 4.88 Å². The summed E-state index contributed by atoms with van der Waals surface area (Å²) in [6.45, 7) is 3.74. The van der Waals surface area contributed by atoms with Crippen LogP contribution >= 0.6 is 27.5 Å². The van der Waals surface area contributed by atoms with Crippen LogP contribution in [0.2, 0.25) is 0 Å². The molecule has 4 nitrogen and oxygen atoms in total. The van der Waals surface area contributed by atoms with E-state index >= 15 is 0 Å². The van der Waals surface area contributed by atoms with Crippen molar-refractivity contribution in [1.29, 1.82) is 0 Å². The van der Waals surface area contributed by atoms with Gasteiger partial charge in [0.2, 0.25) is 0 Å². The Morgan fingerprint density at radius 3 is 2.62 bits per heavy atom. The number of benzene rings is 1. The zero-order valence-corrected chi connectivity index (χ0v) is 13.9. The second kappa shape index (κ2) is 6.15. The van der Waals surface area contributed by atoms with Crippen LogP contribution in [0.5, 0.6) is 0 Å². The average molecular weight is 376 g/mol. The molecule has 1 heterocycles. The molecule has 21 heavy (non-hydrogen) atoms. The highest BCUT2D eigenvalue weighted by atomic mass is 79.9. The zero-order chi connectivity index (χ0) is 15.7. The lowest BCUT2D eigenvalue weighted by atomic mass is 10.1. The number of hydrogen-bond donors (Lipinski definition) is 0. The number of hydrogen-bond acceptors (Lipinski definition) is 4. The molecule has 0 radical (unpaired) electrons. The minimum Gasteiger partial charge on any atom is -0.310 e. The van der Waals surface area contributed by atoms with Gasteiger partial charge in [-0.1, -0.05) is 20.4 Å². The molecule has 1 amide bonds. The van der Waals surface area contributed by atoms with Gasteiger partial charge in [-0.2, -0.15) is 0 Å². The molecule has 2 rings (SSSR count). The Balaban J connectivity index is 2.40. The number of anilines is 1. The fraction of sp³-hybridized carbons (Fsp3) is 0.308. The summed E-state index contributed by atoms with van der Waals surface area (Å²) in [5.74, 6) is -0.537. The van der Waals surface area contributed by atoms with E-state index in [0.29, 0.717) is 17.2 Å². The molecule has 2 aromatic rings. The lowest BCUT2D eigenvalue weighted by Crippen LogP contribution is -2.27. The molecule has 112 valence electrons. The predicted octanol–water partition coefficient (Wildman–Crippen LogP) is 4.13. The Morgan fingerprint density at radius 2 is 2.00 bits per heavy atom. The first-order valence-corrected chi connectivity index (χ1v) is 7.54. The van der Waals surface area contributed by atoms with Crippen molar-refractivity contribution in [1.82, 2.24) is 9.59 Å². The molecule has 0 spiro atoms. The molecule has 0 unspecified atom stereocenters. The predicted molar refractivity (Wildman–Crippen MR) is 81.2 cm³/mol. The number of nitrogens with zero attached hydrogens (tertiary/aromatic N) is 3. The van der Waals surface area contributed by atoms with E-state index in [9.17, 15) is 13.6 Å². The van der Waals surface area contributed by atoms with Gasteiger partial charge in [0.05, 0.1) is 0 Å². The molecular weight excluding hydrogens is 364 g/mol. The van der Waals surface area contributed by atoms with Crippen LogP contribution in [-0.4, -0.2) is 22.5 Å². The van der Waals surface area contributed by atoms with Crippen molar-refractivity contribution in [2.24, 2.45) is 0 Å². The summed E-state index contributed by atoms with van der Waals surface area (Å²) in [5, 5.41) is 3.33. The van der Waals surface area contributed by atoms with Gasteiger partial charge < -0.3 is 4.90 Å². The SMILES string of the molecule is Cc1cc(N(C)C(=O)c2snnc2C(F)F)c(C)cc1Br. The van der Waals surface area contributed by atoms with E-state index in [0.717, 1.165) is 15.6 Å². The van der Waals surface area contributed by atoms with Crippen molar-refractivity contribution in [3.05, 3.63) is 38.3 Å². The third-order valence-electron chi connectivity index (χ3n) is 3.06. The number of carbonyl (C=O) groups is 1. The van der Waals surface area contributed by atoms with E-state index in [4.69, 9.17) is 0 Å². The fourth-order valence-electron chi connectivity index (χ4n) is 1.88. The Bertz CT molecular complexity index is 690. The van der Waals surface area contributed by atoms with Crippen molar-refractivity contribution in [3.63, 3.8) is 0 Å². The van der Waals surface area contributed by atoms with Crippen molar-refractivity contribution in [2.45, 2.75) is 20.3 Å². The van der Waals surface area contributed by atoms with Gasteiger partial charge in [-0.15, -0.1) is 5.10 Å². The van der Waals surface area contributed by atoms with E-state index in [1.165, 1.54) is 4.90 Å². The van der Waals surface area contributed by atoms with Crippen LogP contribution in [-0.2, 0) is 0 Å². The highest BCUT2D eigenvalue weighted by Gasteiger charge is 2.26. The first-order valence-electron chi connectivity index (χ1n) is 5.98. The van der Waals surface area contributed by atoms with E-state index in [1.54, 1.807) is 7.05 Å². The molecule has 8 heteroatoms. The third kappa shape index (κ3) is 3.11. The van der Waals surface area contributed by atoms with Crippen LogP contribution in [0.25, 0.3) is 0 Å². The summed E-state index contributed by atoms with van der Waals surface area (Å²) >= 11 is 4.10. The quantitative estimate of drug-likeness (QED) is 0.809. The second-order valence-electron chi connectivity index (χ2n) is 4.54. The van der Waals surface area contributed by atoms with Crippen LogP contribution in [0.1, 0.15) is 32.9 Å². The van der Waals surface area contributed by atoms with Crippen LogP contribution in [0, 0.1) is 13.8 Å². The summed E-state index contributed by atoms with van der Waals surface area (Å²) in [6, 6.07) is 3.71. The van der Waals surface area contributed by atoms with Crippen LogP contribution in [0.3, 0.4) is 0 Å². The van der Waals surface area contributed by atoms with Gasteiger partial charge in [0, 0.05) is 17.2 Å². The van der Waals surface area contributed by atoms with Gasteiger partial charge in [-0.3, -0.25) is 4.79 Å². The fourth-order valence-corrected chi connectivity index (χ4v) is 2.98. The van der Waals surface area contributed by atoms with Crippen molar-refractivity contribution >= 4 is 39.1 Å². The maximum Gasteiger partial charge on any atom is 0.283 e. The van der Waals surface area contributed by atoms with Gasteiger partial charge in [-0.25, -0.2) is 8.78 Å². The summed E-state index contributed by atoms with van der Waals surface area (Å²) in [7, 11) is 1.55. The molecule has 0 saturated heterocycles. The van der Waals surface area contributed by atoms with E-state index in [1.807, 2.05) is 26.0 Å². The normalized spacial score (nSPS) is 11.0. The molecule has 0 aliphatic rings. The molecule has 0 N–H and O–H groups in total. The average Bonchev–Trinajstić information content (AvgIpc) is 2.90. The minimum absolute atomic E-state index is 0.132. The Hall–Kier alpha value is -1.41. The minimum atomic E-state index is -2.82. The summed E-state index contributed by atoms with van der Waals surface area (Å²) in [6.07, 6.45) is -2.82. The molecule has 0 saturated carbocycles. The zero-order valence-electron chi connectivity index (χ0n) is 11.5. The van der Waals surface area contributed by atoms with Crippen molar-refractivity contribution in [3.8, 4) is 0 Å². The maximum absolute atomic E-state index is 12.8. The molecule has 0 aliphatic heterocycles. The lowest BCUT2D eigenvalue weighted by Gasteiger charge is -2.20. The molecule has 0 aliphatic carbocycles. The first-order chi connectivity index (χ1) is 9.82. The van der Waals surface area contributed by atoms with Gasteiger partial charge in [0.15, 0.2) is 5.69 Å². The second-order valence-corrected chi connectivity index (χ2v) is 6.15. The molecule has 1 aromatic heterocycles. The molecule has 0 atom stereocenters. The molecular formula is C13H12BrF2N3OS. The maximum atomic E-state index is 12.8. The van der Waals surface area contributed by atoms with Gasteiger partial charge in [0.1, 0.15) is 4.88 Å². The highest BCUT2D eigenvalue weighted by Crippen LogP contribution is 2.30. The number of aryl methyl sites for hydroxylation is 2. The number of amides is 1. The summed E-state index contributed by atoms with van der Waals surface area (Å²) in [5.41, 5.74) is 1.91. The molecule has 0 fully saturated rings. The largest absolute Gasteiger partial charge is 0.310 e. The van der Waals surface area contributed by atoms with E-state index < -0.39 is 18.0 Å². The molecule has 0 bridgehead atoms. The van der Waals surface area contributed by atoms with Gasteiger partial charge >= 0.3 is 0 Å². The first kappa shape index (κ1) is 16.0. The van der Waals surface area contributed by atoms with Crippen molar-refractivity contribution < 1.29 is 13.6 Å². The number of aromatic nitrogens is 2. The Labute approximate surface area is 133 Å². The Morgan fingerprint density at radius 1 is 1.33 bits per heavy atom. The summed E-state index contributed by atoms with van der Waals surface area (Å²) in [4.78, 5) is 13.6. The van der Waals surface area contributed by atoms with Crippen LogP contribution < -0.4 is 4.90 Å². The number of halogens is 3. The molecule has 1 aromatic carbocycles. The van der Waals surface area contributed by atoms with Crippen LogP contribution in [0.4, 0.5) is 14.5 Å².